The van der Waals surface area contributed by atoms with Gasteiger partial charge >= 0.3 is 0 Å². The summed E-state index contributed by atoms with van der Waals surface area (Å²) in [5.74, 6) is 0.752. The summed E-state index contributed by atoms with van der Waals surface area (Å²) in [5, 5.41) is 3.69. The van der Waals surface area contributed by atoms with E-state index in [4.69, 9.17) is 11.6 Å². The lowest BCUT2D eigenvalue weighted by Gasteiger charge is -2.00. The standard InChI is InChI=1S/C7H14ClNOS/c1-7(8)6-9-4-3-5-11(2)10/h9H,1,3-6H2,2H3. The molecule has 0 aliphatic carbocycles. The van der Waals surface area contributed by atoms with Gasteiger partial charge in [0.15, 0.2) is 0 Å². The molecule has 1 atom stereocenters. The van der Waals surface area contributed by atoms with Crippen LogP contribution in [0.25, 0.3) is 0 Å². The number of hydrogen-bond acceptors (Lipinski definition) is 2. The van der Waals surface area contributed by atoms with E-state index in [0.29, 0.717) is 11.6 Å². The van der Waals surface area contributed by atoms with Crippen molar-refractivity contribution in [2.45, 2.75) is 6.42 Å². The van der Waals surface area contributed by atoms with Crippen molar-refractivity contribution in [2.75, 3.05) is 25.1 Å². The van der Waals surface area contributed by atoms with Crippen LogP contribution in [0.5, 0.6) is 0 Å². The molecule has 11 heavy (non-hydrogen) atoms. The van der Waals surface area contributed by atoms with Crippen molar-refractivity contribution in [3.05, 3.63) is 11.6 Å². The van der Waals surface area contributed by atoms with E-state index in [2.05, 4.69) is 11.9 Å². The molecule has 0 aromatic heterocycles. The Labute approximate surface area is 75.5 Å². The Morgan fingerprint density at radius 3 is 2.82 bits per heavy atom. The minimum atomic E-state index is -0.675. The Bertz CT molecular complexity index is 133. The van der Waals surface area contributed by atoms with Crippen LogP contribution in [0, 0.1) is 0 Å². The summed E-state index contributed by atoms with van der Waals surface area (Å²) in [6, 6.07) is 0. The van der Waals surface area contributed by atoms with Crippen LogP contribution >= 0.6 is 11.6 Å². The van der Waals surface area contributed by atoms with Crippen molar-refractivity contribution in [3.63, 3.8) is 0 Å². The highest BCUT2D eigenvalue weighted by atomic mass is 35.5. The third kappa shape index (κ3) is 10.1. The highest BCUT2D eigenvalue weighted by Gasteiger charge is 1.91. The number of halogens is 1. The van der Waals surface area contributed by atoms with E-state index in [9.17, 15) is 4.21 Å². The Balaban J connectivity index is 3.03. The second-order valence-electron chi connectivity index (χ2n) is 2.32. The predicted octanol–water partition coefficient (Wildman–Crippen LogP) is 1.10. The second-order valence-corrected chi connectivity index (χ2v) is 4.41. The van der Waals surface area contributed by atoms with Crippen LogP contribution < -0.4 is 5.32 Å². The molecular weight excluding hydrogens is 182 g/mol. The molecule has 0 saturated heterocycles. The first kappa shape index (κ1) is 11.1. The first-order valence-corrected chi connectivity index (χ1v) is 5.57. The zero-order chi connectivity index (χ0) is 8.69. The maximum Gasteiger partial charge on any atom is 0.0307 e. The summed E-state index contributed by atoms with van der Waals surface area (Å²) in [4.78, 5) is 0. The second kappa shape index (κ2) is 6.83. The van der Waals surface area contributed by atoms with Crippen molar-refractivity contribution in [1.82, 2.24) is 5.32 Å². The van der Waals surface area contributed by atoms with Crippen molar-refractivity contribution in [2.24, 2.45) is 0 Å². The highest BCUT2D eigenvalue weighted by Crippen LogP contribution is 1.92. The van der Waals surface area contributed by atoms with Crippen LogP contribution in [0.4, 0.5) is 0 Å². The van der Waals surface area contributed by atoms with Gasteiger partial charge in [-0.2, -0.15) is 0 Å². The molecule has 1 unspecified atom stereocenters. The molecular formula is C7H14ClNOS. The maximum absolute atomic E-state index is 10.6. The number of nitrogens with one attached hydrogen (secondary N) is 1. The molecule has 0 aromatic carbocycles. The van der Waals surface area contributed by atoms with Crippen molar-refractivity contribution in [1.29, 1.82) is 0 Å². The average Bonchev–Trinajstić information content (AvgIpc) is 1.85. The minimum absolute atomic E-state index is 0.614. The topological polar surface area (TPSA) is 29.1 Å². The van der Waals surface area contributed by atoms with Crippen molar-refractivity contribution >= 4 is 22.4 Å². The van der Waals surface area contributed by atoms with E-state index in [-0.39, 0.29) is 0 Å². The van der Waals surface area contributed by atoms with Gasteiger partial charge in [0.05, 0.1) is 0 Å². The molecule has 0 saturated carbocycles. The normalized spacial score (nSPS) is 12.9. The number of hydrogen-bond donors (Lipinski definition) is 1. The van der Waals surface area contributed by atoms with E-state index in [1.165, 1.54) is 0 Å². The summed E-state index contributed by atoms with van der Waals surface area (Å²) in [5.41, 5.74) is 0. The first-order valence-electron chi connectivity index (χ1n) is 3.47. The van der Waals surface area contributed by atoms with Gasteiger partial charge in [0.2, 0.25) is 0 Å². The van der Waals surface area contributed by atoms with Gasteiger partial charge in [-0.3, -0.25) is 4.21 Å². The molecule has 0 fully saturated rings. The van der Waals surface area contributed by atoms with E-state index in [1.807, 2.05) is 0 Å². The van der Waals surface area contributed by atoms with Gasteiger partial charge in [-0.1, -0.05) is 18.2 Å². The summed E-state index contributed by atoms with van der Waals surface area (Å²) < 4.78 is 10.6. The molecule has 0 rings (SSSR count). The molecule has 0 spiro atoms. The van der Waals surface area contributed by atoms with E-state index >= 15 is 0 Å². The lowest BCUT2D eigenvalue weighted by Crippen LogP contribution is -2.18. The highest BCUT2D eigenvalue weighted by molar-refractivity contribution is 7.84. The SMILES string of the molecule is C=C(Cl)CNCCCS(C)=O. The molecule has 0 aromatic rings. The largest absolute Gasteiger partial charge is 0.312 e. The summed E-state index contributed by atoms with van der Waals surface area (Å²) in [7, 11) is -0.675. The van der Waals surface area contributed by atoms with Crippen LogP contribution in [0.15, 0.2) is 11.6 Å². The Morgan fingerprint density at radius 2 is 2.36 bits per heavy atom. The molecule has 0 aliphatic rings. The summed E-state index contributed by atoms with van der Waals surface area (Å²) >= 11 is 5.50. The van der Waals surface area contributed by atoms with Crippen LogP contribution in [-0.4, -0.2) is 29.3 Å². The van der Waals surface area contributed by atoms with Crippen LogP contribution in [-0.2, 0) is 10.8 Å². The quantitative estimate of drug-likeness (QED) is 0.644. The van der Waals surface area contributed by atoms with Gasteiger partial charge in [0.1, 0.15) is 0 Å². The third-order valence-corrected chi connectivity index (χ3v) is 2.10. The third-order valence-electron chi connectivity index (χ3n) is 1.10. The summed E-state index contributed by atoms with van der Waals surface area (Å²) in [6.45, 7) is 5.02. The van der Waals surface area contributed by atoms with Crippen LogP contribution in [0.2, 0.25) is 0 Å². The molecule has 0 radical (unpaired) electrons. The molecule has 1 N–H and O–H groups in total. The molecule has 0 bridgehead atoms. The van der Waals surface area contributed by atoms with E-state index in [1.54, 1.807) is 6.26 Å². The molecule has 66 valence electrons. The Kier molecular flexibility index (Phi) is 6.91. The van der Waals surface area contributed by atoms with E-state index < -0.39 is 10.8 Å². The first-order chi connectivity index (χ1) is 5.13. The van der Waals surface area contributed by atoms with Crippen molar-refractivity contribution < 1.29 is 4.21 Å². The lowest BCUT2D eigenvalue weighted by molar-refractivity contribution is 0.677. The van der Waals surface area contributed by atoms with Gasteiger partial charge in [0, 0.05) is 34.4 Å². The molecule has 0 aliphatic heterocycles. The zero-order valence-electron chi connectivity index (χ0n) is 6.73. The number of rotatable bonds is 6. The minimum Gasteiger partial charge on any atom is -0.312 e. The van der Waals surface area contributed by atoms with E-state index in [0.717, 1.165) is 18.7 Å². The van der Waals surface area contributed by atoms with Crippen molar-refractivity contribution in [3.8, 4) is 0 Å². The van der Waals surface area contributed by atoms with Gasteiger partial charge in [-0.25, -0.2) is 0 Å². The van der Waals surface area contributed by atoms with Gasteiger partial charge in [-0.15, -0.1) is 0 Å². The Morgan fingerprint density at radius 1 is 1.73 bits per heavy atom. The van der Waals surface area contributed by atoms with Gasteiger partial charge in [-0.05, 0) is 13.0 Å². The fourth-order valence-corrected chi connectivity index (χ4v) is 1.27. The van der Waals surface area contributed by atoms with Gasteiger partial charge < -0.3 is 5.32 Å². The van der Waals surface area contributed by atoms with Crippen LogP contribution in [0.3, 0.4) is 0 Å². The predicted molar refractivity (Wildman–Crippen MR) is 51.4 cm³/mol. The smallest absolute Gasteiger partial charge is 0.0307 e. The molecule has 2 nitrogen and oxygen atoms in total. The fraction of sp³-hybridized carbons (Fsp3) is 0.714. The fourth-order valence-electron chi connectivity index (χ4n) is 0.624. The molecule has 0 heterocycles. The Hall–Kier alpha value is 0.140. The lowest BCUT2D eigenvalue weighted by atomic mass is 10.4. The average molecular weight is 196 g/mol. The summed E-state index contributed by atoms with van der Waals surface area (Å²) in [6.07, 6.45) is 2.63. The zero-order valence-corrected chi connectivity index (χ0v) is 8.30. The van der Waals surface area contributed by atoms with Crippen LogP contribution in [0.1, 0.15) is 6.42 Å². The maximum atomic E-state index is 10.6. The monoisotopic (exact) mass is 195 g/mol. The van der Waals surface area contributed by atoms with Gasteiger partial charge in [0.25, 0.3) is 0 Å². The molecule has 4 heteroatoms. The molecule has 0 amide bonds.